The molecule has 190 valence electrons. The number of carbonyl (C=O) groups excluding carboxylic acids is 1. The SMILES string of the molecule is CC(C)(C)c1cc(Nc2nccc(-c3ccc(Cl)cc3)n2)ccc1C(=O)O.NC(=O)N1CCNCC1. The molecule has 1 aromatic heterocycles. The summed E-state index contributed by atoms with van der Waals surface area (Å²) >= 11 is 5.94. The molecular weight excluding hydrogens is 480 g/mol. The zero-order chi connectivity index (χ0) is 26.3. The number of aromatic nitrogens is 2. The van der Waals surface area contributed by atoms with E-state index in [0.29, 0.717) is 16.5 Å². The lowest BCUT2D eigenvalue weighted by atomic mass is 9.83. The number of benzene rings is 2. The first-order valence-electron chi connectivity index (χ1n) is 11.5. The normalized spacial score (nSPS) is 13.4. The third-order valence-electron chi connectivity index (χ3n) is 5.54. The van der Waals surface area contributed by atoms with Crippen molar-refractivity contribution in [2.75, 3.05) is 31.5 Å². The van der Waals surface area contributed by atoms with Gasteiger partial charge >= 0.3 is 12.0 Å². The smallest absolute Gasteiger partial charge is 0.335 e. The van der Waals surface area contributed by atoms with Gasteiger partial charge in [-0.2, -0.15) is 0 Å². The summed E-state index contributed by atoms with van der Waals surface area (Å²) < 4.78 is 0. The number of hydrogen-bond donors (Lipinski definition) is 4. The average Bonchev–Trinajstić information content (AvgIpc) is 2.85. The van der Waals surface area contributed by atoms with E-state index in [1.807, 2.05) is 57.2 Å². The topological polar surface area (TPSA) is 133 Å². The van der Waals surface area contributed by atoms with Gasteiger partial charge in [0.15, 0.2) is 0 Å². The van der Waals surface area contributed by atoms with E-state index in [4.69, 9.17) is 17.3 Å². The van der Waals surface area contributed by atoms with E-state index in [-0.39, 0.29) is 11.4 Å². The van der Waals surface area contributed by atoms with E-state index < -0.39 is 5.97 Å². The second-order valence-corrected chi connectivity index (χ2v) is 9.72. The summed E-state index contributed by atoms with van der Waals surface area (Å²) in [7, 11) is 0. The maximum Gasteiger partial charge on any atom is 0.335 e. The predicted octanol–water partition coefficient (Wildman–Crippen LogP) is 4.51. The number of hydrogen-bond acceptors (Lipinski definition) is 6. The Morgan fingerprint density at radius 3 is 2.31 bits per heavy atom. The quantitative estimate of drug-likeness (QED) is 0.406. The highest BCUT2D eigenvalue weighted by molar-refractivity contribution is 6.30. The number of carboxylic acids is 1. The number of nitrogens with one attached hydrogen (secondary N) is 2. The lowest BCUT2D eigenvalue weighted by Crippen LogP contribution is -2.48. The minimum absolute atomic E-state index is 0.295. The Morgan fingerprint density at radius 2 is 1.75 bits per heavy atom. The molecule has 0 unspecified atom stereocenters. The Bertz CT molecular complexity index is 1210. The third kappa shape index (κ3) is 7.40. The van der Waals surface area contributed by atoms with Gasteiger partial charge < -0.3 is 26.4 Å². The van der Waals surface area contributed by atoms with Crippen molar-refractivity contribution in [3.05, 3.63) is 70.9 Å². The molecule has 2 aromatic carbocycles. The fraction of sp³-hybridized carbons (Fsp3) is 0.308. The second-order valence-electron chi connectivity index (χ2n) is 9.29. The van der Waals surface area contributed by atoms with E-state index in [0.717, 1.165) is 48.7 Å². The molecule has 1 saturated heterocycles. The van der Waals surface area contributed by atoms with E-state index in [1.54, 1.807) is 23.2 Å². The third-order valence-corrected chi connectivity index (χ3v) is 5.79. The summed E-state index contributed by atoms with van der Waals surface area (Å²) in [4.78, 5) is 32.4. The number of carbonyl (C=O) groups is 2. The van der Waals surface area contributed by atoms with Gasteiger partial charge in [-0.25, -0.2) is 19.6 Å². The number of urea groups is 1. The molecule has 5 N–H and O–H groups in total. The van der Waals surface area contributed by atoms with Crippen LogP contribution in [0.1, 0.15) is 36.7 Å². The highest BCUT2D eigenvalue weighted by atomic mass is 35.5. The van der Waals surface area contributed by atoms with Gasteiger partial charge in [0.25, 0.3) is 0 Å². The number of aromatic carboxylic acids is 1. The number of rotatable bonds is 4. The van der Waals surface area contributed by atoms with Crippen LogP contribution in [0.25, 0.3) is 11.3 Å². The van der Waals surface area contributed by atoms with Gasteiger partial charge in [-0.05, 0) is 47.4 Å². The number of amides is 2. The van der Waals surface area contributed by atoms with Crippen molar-refractivity contribution < 1.29 is 14.7 Å². The lowest BCUT2D eigenvalue weighted by molar-refractivity contribution is 0.0694. The molecule has 2 amide bonds. The van der Waals surface area contributed by atoms with Crippen LogP contribution >= 0.6 is 11.6 Å². The number of nitrogens with two attached hydrogens (primary N) is 1. The Morgan fingerprint density at radius 1 is 1.08 bits per heavy atom. The molecule has 2 heterocycles. The van der Waals surface area contributed by atoms with E-state index in [9.17, 15) is 14.7 Å². The molecule has 0 spiro atoms. The molecule has 9 nitrogen and oxygen atoms in total. The zero-order valence-electron chi connectivity index (χ0n) is 20.6. The van der Waals surface area contributed by atoms with Gasteiger partial charge in [0.1, 0.15) is 0 Å². The van der Waals surface area contributed by atoms with Crippen molar-refractivity contribution >= 4 is 35.2 Å². The van der Waals surface area contributed by atoms with Crippen LogP contribution in [0.3, 0.4) is 0 Å². The molecule has 0 radical (unpaired) electrons. The standard InChI is InChI=1S/C21H20ClN3O2.C5H11N3O/c1-21(2,3)17-12-15(8-9-16(17)19(26)27)24-20-23-11-10-18(25-20)13-4-6-14(22)7-5-13;6-5(9)8-3-1-7-2-4-8/h4-12H,1-3H3,(H,26,27)(H,23,24,25);7H,1-4H2,(H2,6,9). The van der Waals surface area contributed by atoms with Crippen molar-refractivity contribution in [3.8, 4) is 11.3 Å². The maximum absolute atomic E-state index is 11.5. The molecule has 10 heteroatoms. The van der Waals surface area contributed by atoms with Gasteiger partial charge in [-0.3, -0.25) is 0 Å². The highest BCUT2D eigenvalue weighted by Gasteiger charge is 2.22. The van der Waals surface area contributed by atoms with Crippen molar-refractivity contribution in [2.24, 2.45) is 5.73 Å². The maximum atomic E-state index is 11.5. The molecule has 0 atom stereocenters. The van der Waals surface area contributed by atoms with Gasteiger partial charge in [-0.15, -0.1) is 0 Å². The van der Waals surface area contributed by atoms with Gasteiger partial charge in [-0.1, -0.05) is 44.5 Å². The van der Waals surface area contributed by atoms with Gasteiger partial charge in [0, 0.05) is 48.6 Å². The van der Waals surface area contributed by atoms with Crippen molar-refractivity contribution in [2.45, 2.75) is 26.2 Å². The molecule has 1 aliphatic rings. The van der Waals surface area contributed by atoms with Crippen LogP contribution in [0.5, 0.6) is 0 Å². The largest absolute Gasteiger partial charge is 0.478 e. The Hall–Kier alpha value is -3.69. The Labute approximate surface area is 215 Å². The van der Waals surface area contributed by atoms with Crippen molar-refractivity contribution in [1.29, 1.82) is 0 Å². The minimum atomic E-state index is -0.938. The highest BCUT2D eigenvalue weighted by Crippen LogP contribution is 2.30. The predicted molar refractivity (Wildman–Crippen MR) is 142 cm³/mol. The first-order valence-corrected chi connectivity index (χ1v) is 11.9. The Balaban J connectivity index is 0.000000338. The summed E-state index contributed by atoms with van der Waals surface area (Å²) in [5, 5.41) is 16.4. The zero-order valence-corrected chi connectivity index (χ0v) is 21.3. The monoisotopic (exact) mass is 510 g/mol. The molecule has 3 aromatic rings. The number of piperazine rings is 1. The summed E-state index contributed by atoms with van der Waals surface area (Å²) in [6, 6.07) is 14.1. The first-order chi connectivity index (χ1) is 17.0. The molecule has 1 fully saturated rings. The number of anilines is 2. The lowest BCUT2D eigenvalue weighted by Gasteiger charge is -2.25. The number of nitrogens with zero attached hydrogens (tertiary/aromatic N) is 3. The Kier molecular flexibility index (Phi) is 8.84. The average molecular weight is 511 g/mol. The second kappa shape index (κ2) is 11.8. The van der Waals surface area contributed by atoms with Crippen LogP contribution in [0, 0.1) is 0 Å². The molecular formula is C26H31ClN6O3. The summed E-state index contributed by atoms with van der Waals surface area (Å²) in [6.07, 6.45) is 1.68. The van der Waals surface area contributed by atoms with Crippen LogP contribution in [-0.2, 0) is 5.41 Å². The molecule has 0 bridgehead atoms. The summed E-state index contributed by atoms with van der Waals surface area (Å²) in [5.74, 6) is -0.502. The fourth-order valence-electron chi connectivity index (χ4n) is 3.64. The van der Waals surface area contributed by atoms with E-state index in [1.165, 1.54) is 0 Å². The molecule has 36 heavy (non-hydrogen) atoms. The summed E-state index contributed by atoms with van der Waals surface area (Å²) in [5.41, 5.74) is 8.19. The van der Waals surface area contributed by atoms with Crippen LogP contribution in [0.4, 0.5) is 16.4 Å². The van der Waals surface area contributed by atoms with Crippen LogP contribution in [-0.4, -0.2) is 58.2 Å². The molecule has 0 saturated carbocycles. The van der Waals surface area contributed by atoms with Crippen LogP contribution < -0.4 is 16.4 Å². The molecule has 1 aliphatic heterocycles. The fourth-order valence-corrected chi connectivity index (χ4v) is 3.77. The van der Waals surface area contributed by atoms with Gasteiger partial charge in [0.2, 0.25) is 5.95 Å². The number of carboxylic acid groups (broad SMARTS) is 1. The minimum Gasteiger partial charge on any atom is -0.478 e. The summed E-state index contributed by atoms with van der Waals surface area (Å²) in [6.45, 7) is 9.17. The van der Waals surface area contributed by atoms with E-state index >= 15 is 0 Å². The van der Waals surface area contributed by atoms with Crippen molar-refractivity contribution in [1.82, 2.24) is 20.2 Å². The van der Waals surface area contributed by atoms with Crippen molar-refractivity contribution in [3.63, 3.8) is 0 Å². The number of primary amides is 1. The van der Waals surface area contributed by atoms with Crippen LogP contribution in [0.2, 0.25) is 5.02 Å². The van der Waals surface area contributed by atoms with Crippen LogP contribution in [0.15, 0.2) is 54.7 Å². The van der Waals surface area contributed by atoms with E-state index in [2.05, 4.69) is 20.6 Å². The van der Waals surface area contributed by atoms with Gasteiger partial charge in [0.05, 0.1) is 11.3 Å². The number of halogens is 1. The first kappa shape index (κ1) is 26.9. The molecule has 0 aliphatic carbocycles. The molecule has 4 rings (SSSR count).